The first-order valence-corrected chi connectivity index (χ1v) is 5.91. The molecular weight excluding hydrogens is 260 g/mol. The Bertz CT molecular complexity index is 614. The Hall–Kier alpha value is -2.70. The molecule has 0 aliphatic carbocycles. The van der Waals surface area contributed by atoms with Gasteiger partial charge in [0, 0.05) is 0 Å². The summed E-state index contributed by atoms with van der Waals surface area (Å²) in [7, 11) is 2.97. The summed E-state index contributed by atoms with van der Waals surface area (Å²) < 4.78 is 10.4. The number of aromatic amines is 1. The summed E-state index contributed by atoms with van der Waals surface area (Å²) >= 11 is 0. The third-order valence-electron chi connectivity index (χ3n) is 2.88. The number of carbonyl (C=O) groups is 1. The fourth-order valence-electron chi connectivity index (χ4n) is 1.78. The van der Waals surface area contributed by atoms with Gasteiger partial charge in [0.05, 0.1) is 25.6 Å². The minimum Gasteiger partial charge on any atom is -0.496 e. The van der Waals surface area contributed by atoms with E-state index in [0.29, 0.717) is 22.9 Å². The molecule has 0 unspecified atom stereocenters. The van der Waals surface area contributed by atoms with Crippen molar-refractivity contribution < 1.29 is 14.3 Å². The van der Waals surface area contributed by atoms with Crippen LogP contribution >= 0.6 is 0 Å². The summed E-state index contributed by atoms with van der Waals surface area (Å²) in [6, 6.07) is 5.09. The summed E-state index contributed by atoms with van der Waals surface area (Å²) in [5, 5.41) is 9.26. The quantitative estimate of drug-likeness (QED) is 0.786. The largest absolute Gasteiger partial charge is 0.496 e. The van der Waals surface area contributed by atoms with Gasteiger partial charge in [0.1, 0.15) is 17.1 Å². The molecule has 2 aromatic rings. The van der Waals surface area contributed by atoms with Crippen LogP contribution in [0.4, 0.5) is 11.5 Å². The van der Waals surface area contributed by atoms with Gasteiger partial charge in [-0.05, 0) is 19.1 Å². The number of carbonyl (C=O) groups excluding carboxylic acids is 1. The van der Waals surface area contributed by atoms with Gasteiger partial charge in [0.2, 0.25) is 0 Å². The summed E-state index contributed by atoms with van der Waals surface area (Å²) in [5.74, 6) is 0.693. The van der Waals surface area contributed by atoms with Crippen molar-refractivity contribution in [3.05, 3.63) is 29.5 Å². The number of aryl methyl sites for hydroxylation is 1. The fraction of sp³-hybridized carbons (Fsp3) is 0.231. The van der Waals surface area contributed by atoms with E-state index in [2.05, 4.69) is 15.5 Å². The number of nitrogens with two attached hydrogens (primary N) is 1. The average molecular weight is 276 g/mol. The molecule has 0 fully saturated rings. The molecule has 0 bridgehead atoms. The fourth-order valence-corrected chi connectivity index (χ4v) is 1.78. The number of hydrogen-bond acceptors (Lipinski definition) is 5. The number of nitrogens with one attached hydrogen (secondary N) is 2. The number of rotatable bonds is 4. The van der Waals surface area contributed by atoms with Gasteiger partial charge in [-0.2, -0.15) is 5.10 Å². The lowest BCUT2D eigenvalue weighted by Gasteiger charge is -2.12. The Morgan fingerprint density at radius 2 is 1.90 bits per heavy atom. The van der Waals surface area contributed by atoms with E-state index >= 15 is 0 Å². The normalized spacial score (nSPS) is 10.2. The molecular formula is C13H16N4O3. The van der Waals surface area contributed by atoms with Crippen LogP contribution in [0.5, 0.6) is 11.5 Å². The van der Waals surface area contributed by atoms with Crippen molar-refractivity contribution in [3.63, 3.8) is 0 Å². The minimum atomic E-state index is -0.405. The highest BCUT2D eigenvalue weighted by molar-refractivity contribution is 6.08. The number of nitrogen functional groups attached to an aromatic ring is 1. The highest BCUT2D eigenvalue weighted by atomic mass is 16.5. The Balaban J connectivity index is 2.36. The molecule has 2 rings (SSSR count). The topological polar surface area (TPSA) is 102 Å². The van der Waals surface area contributed by atoms with Crippen LogP contribution < -0.4 is 20.5 Å². The van der Waals surface area contributed by atoms with E-state index in [0.717, 1.165) is 0 Å². The van der Waals surface area contributed by atoms with Crippen LogP contribution in [0.25, 0.3) is 0 Å². The van der Waals surface area contributed by atoms with E-state index in [1.807, 2.05) is 0 Å². The van der Waals surface area contributed by atoms with Gasteiger partial charge >= 0.3 is 0 Å². The number of ether oxygens (including phenoxy) is 2. The molecule has 7 heteroatoms. The van der Waals surface area contributed by atoms with Crippen LogP contribution in [0, 0.1) is 6.92 Å². The van der Waals surface area contributed by atoms with Crippen molar-refractivity contribution in [2.45, 2.75) is 6.92 Å². The Kier molecular flexibility index (Phi) is 3.79. The molecule has 7 nitrogen and oxygen atoms in total. The van der Waals surface area contributed by atoms with E-state index in [4.69, 9.17) is 15.2 Å². The number of amides is 1. The van der Waals surface area contributed by atoms with Crippen LogP contribution in [0.3, 0.4) is 0 Å². The molecule has 0 radical (unpaired) electrons. The van der Waals surface area contributed by atoms with Gasteiger partial charge < -0.3 is 20.5 Å². The van der Waals surface area contributed by atoms with Crippen LogP contribution in [0.15, 0.2) is 18.2 Å². The second kappa shape index (κ2) is 5.52. The second-order valence-electron chi connectivity index (χ2n) is 4.10. The van der Waals surface area contributed by atoms with Gasteiger partial charge in [0.15, 0.2) is 5.82 Å². The van der Waals surface area contributed by atoms with Crippen LogP contribution in [-0.4, -0.2) is 30.3 Å². The molecule has 0 aliphatic heterocycles. The van der Waals surface area contributed by atoms with Gasteiger partial charge in [0.25, 0.3) is 5.91 Å². The zero-order valence-electron chi connectivity index (χ0n) is 11.5. The van der Waals surface area contributed by atoms with Crippen molar-refractivity contribution in [2.75, 3.05) is 25.3 Å². The molecule has 106 valence electrons. The maximum Gasteiger partial charge on any atom is 0.264 e. The predicted octanol–water partition coefficient (Wildman–Crippen LogP) is 1.57. The number of aromatic nitrogens is 2. The molecule has 0 spiro atoms. The standard InChI is InChI=1S/C13H16N4O3/c1-7-11(14)12(17-16-7)15-13(18)10-8(19-2)5-4-6-9(10)20-3/h4-6H,14H2,1-3H3,(H2,15,16,17,18). The first kappa shape index (κ1) is 13.7. The Labute approximate surface area is 116 Å². The van der Waals surface area contributed by atoms with Crippen LogP contribution in [0.1, 0.15) is 16.1 Å². The van der Waals surface area contributed by atoms with Crippen molar-refractivity contribution >= 4 is 17.4 Å². The first-order valence-electron chi connectivity index (χ1n) is 5.91. The summed E-state index contributed by atoms with van der Waals surface area (Å²) in [6.07, 6.45) is 0. The van der Waals surface area contributed by atoms with Gasteiger partial charge in [-0.3, -0.25) is 9.89 Å². The minimum absolute atomic E-state index is 0.278. The van der Waals surface area contributed by atoms with Crippen molar-refractivity contribution in [2.24, 2.45) is 0 Å². The van der Waals surface area contributed by atoms with Gasteiger partial charge in [-0.1, -0.05) is 6.07 Å². The number of benzene rings is 1. The van der Waals surface area contributed by atoms with Crippen molar-refractivity contribution in [1.29, 1.82) is 0 Å². The zero-order valence-corrected chi connectivity index (χ0v) is 11.5. The van der Waals surface area contributed by atoms with Crippen molar-refractivity contribution in [3.8, 4) is 11.5 Å². The molecule has 0 aliphatic rings. The molecule has 4 N–H and O–H groups in total. The van der Waals surface area contributed by atoms with Crippen LogP contribution in [-0.2, 0) is 0 Å². The number of nitrogens with zero attached hydrogens (tertiary/aromatic N) is 1. The SMILES string of the molecule is COc1cccc(OC)c1C(=O)Nc1n[nH]c(C)c1N. The molecule has 1 aromatic heterocycles. The first-order chi connectivity index (χ1) is 9.58. The van der Waals surface area contributed by atoms with E-state index in [1.54, 1.807) is 25.1 Å². The molecule has 20 heavy (non-hydrogen) atoms. The molecule has 1 amide bonds. The molecule has 1 aromatic carbocycles. The highest BCUT2D eigenvalue weighted by Crippen LogP contribution is 2.29. The number of H-pyrrole nitrogens is 1. The van der Waals surface area contributed by atoms with Crippen LogP contribution in [0.2, 0.25) is 0 Å². The lowest BCUT2D eigenvalue weighted by atomic mass is 10.1. The summed E-state index contributed by atoms with van der Waals surface area (Å²) in [5.41, 5.74) is 7.17. The van der Waals surface area contributed by atoms with Gasteiger partial charge in [-0.25, -0.2) is 0 Å². The third kappa shape index (κ3) is 2.37. The molecule has 0 atom stereocenters. The molecule has 0 saturated heterocycles. The monoisotopic (exact) mass is 276 g/mol. The van der Waals surface area contributed by atoms with E-state index in [1.165, 1.54) is 14.2 Å². The molecule has 0 saturated carbocycles. The number of anilines is 2. The van der Waals surface area contributed by atoms with E-state index < -0.39 is 5.91 Å². The number of hydrogen-bond donors (Lipinski definition) is 3. The van der Waals surface area contributed by atoms with Gasteiger partial charge in [-0.15, -0.1) is 0 Å². The third-order valence-corrected chi connectivity index (χ3v) is 2.88. The lowest BCUT2D eigenvalue weighted by Crippen LogP contribution is -2.15. The maximum absolute atomic E-state index is 12.4. The average Bonchev–Trinajstić information content (AvgIpc) is 2.78. The van der Waals surface area contributed by atoms with Crippen molar-refractivity contribution in [1.82, 2.24) is 10.2 Å². The summed E-state index contributed by atoms with van der Waals surface area (Å²) in [6.45, 7) is 1.77. The predicted molar refractivity (Wildman–Crippen MR) is 75.2 cm³/mol. The second-order valence-corrected chi connectivity index (χ2v) is 4.10. The van der Waals surface area contributed by atoms with E-state index in [9.17, 15) is 4.79 Å². The smallest absolute Gasteiger partial charge is 0.264 e. The zero-order chi connectivity index (χ0) is 14.7. The molecule has 1 heterocycles. The summed E-state index contributed by atoms with van der Waals surface area (Å²) in [4.78, 5) is 12.4. The highest BCUT2D eigenvalue weighted by Gasteiger charge is 2.20. The number of methoxy groups -OCH3 is 2. The Morgan fingerprint density at radius 1 is 1.30 bits per heavy atom. The maximum atomic E-state index is 12.4. The lowest BCUT2D eigenvalue weighted by molar-refractivity contribution is 0.102. The van der Waals surface area contributed by atoms with E-state index in [-0.39, 0.29) is 11.4 Å². The Morgan fingerprint density at radius 3 is 2.35 bits per heavy atom.